The van der Waals surface area contributed by atoms with Crippen molar-refractivity contribution in [1.29, 1.82) is 0 Å². The first kappa shape index (κ1) is 23.8. The fraction of sp³-hybridized carbons (Fsp3) is 0.308. The number of nitrogens with zero attached hydrogens (tertiary/aromatic N) is 3. The zero-order valence-corrected chi connectivity index (χ0v) is 19.3. The van der Waals surface area contributed by atoms with Crippen molar-refractivity contribution >= 4 is 11.0 Å². The highest BCUT2D eigenvalue weighted by atomic mass is 16.3. The van der Waals surface area contributed by atoms with Gasteiger partial charge in [0.05, 0.1) is 12.3 Å². The number of nitrogens with one attached hydrogen (secondary N) is 1. The maximum Gasteiger partial charge on any atom is 0.354 e. The van der Waals surface area contributed by atoms with Crippen molar-refractivity contribution in [2.45, 2.75) is 26.0 Å². The third-order valence-corrected chi connectivity index (χ3v) is 5.93. The lowest BCUT2D eigenvalue weighted by Gasteiger charge is -2.22. The molecule has 8 nitrogen and oxygen atoms in total. The maximum absolute atomic E-state index is 12.7. The number of hydrogen-bond donors (Lipinski definition) is 4. The van der Waals surface area contributed by atoms with E-state index < -0.39 is 0 Å². The summed E-state index contributed by atoms with van der Waals surface area (Å²) in [7, 11) is 0. The Labute approximate surface area is 198 Å². The number of aliphatic hydroxyl groups is 1. The average molecular weight is 461 g/mol. The van der Waals surface area contributed by atoms with E-state index in [-0.39, 0.29) is 12.3 Å². The van der Waals surface area contributed by atoms with Gasteiger partial charge < -0.3 is 21.6 Å². The van der Waals surface area contributed by atoms with Gasteiger partial charge in [-0.2, -0.15) is 4.98 Å². The first-order valence-electron chi connectivity index (χ1n) is 11.7. The van der Waals surface area contributed by atoms with Crippen molar-refractivity contribution in [2.24, 2.45) is 11.5 Å². The molecule has 0 aliphatic rings. The van der Waals surface area contributed by atoms with Gasteiger partial charge in [0, 0.05) is 23.8 Å². The minimum absolute atomic E-state index is 0.00625. The lowest BCUT2D eigenvalue weighted by molar-refractivity contribution is 0.262. The molecule has 178 valence electrons. The number of benzene rings is 2. The largest absolute Gasteiger partial charge is 0.392 e. The van der Waals surface area contributed by atoms with Gasteiger partial charge in [0.2, 0.25) is 0 Å². The SMILES string of the molecule is NCCCN(CCCN)Cc1ccc(-n2cc3cc(-c4ccc(CO)cc4)[nH]c3nc2=O)cc1. The molecule has 2 aromatic heterocycles. The summed E-state index contributed by atoms with van der Waals surface area (Å²) < 4.78 is 1.57. The second kappa shape index (κ2) is 11.2. The van der Waals surface area contributed by atoms with Gasteiger partial charge in [0.15, 0.2) is 0 Å². The molecular formula is C26H32N6O2. The lowest BCUT2D eigenvalue weighted by atomic mass is 10.1. The first-order valence-corrected chi connectivity index (χ1v) is 11.7. The van der Waals surface area contributed by atoms with E-state index in [4.69, 9.17) is 11.5 Å². The van der Waals surface area contributed by atoms with Gasteiger partial charge in [-0.1, -0.05) is 36.4 Å². The Hall–Kier alpha value is -3.30. The highest BCUT2D eigenvalue weighted by molar-refractivity contribution is 5.82. The van der Waals surface area contributed by atoms with E-state index in [1.165, 1.54) is 5.56 Å². The van der Waals surface area contributed by atoms with Gasteiger partial charge in [-0.15, -0.1) is 0 Å². The summed E-state index contributed by atoms with van der Waals surface area (Å²) in [6, 6.07) is 17.6. The summed E-state index contributed by atoms with van der Waals surface area (Å²) >= 11 is 0. The van der Waals surface area contributed by atoms with E-state index in [2.05, 4.69) is 27.0 Å². The van der Waals surface area contributed by atoms with Crippen LogP contribution in [-0.2, 0) is 13.2 Å². The van der Waals surface area contributed by atoms with Crippen molar-refractivity contribution in [3.63, 3.8) is 0 Å². The highest BCUT2D eigenvalue weighted by Crippen LogP contribution is 2.23. The standard InChI is InChI=1S/C26H32N6O2/c27-11-1-13-31(14-2-12-28)16-19-5-9-23(10-6-19)32-17-22-15-24(29-25(22)30-26(32)34)21-7-3-20(18-33)4-8-21/h3-10,15,17,33H,1-2,11-14,16,18,27-28H2,(H,29,30,34). The molecule has 0 unspecified atom stereocenters. The molecule has 0 saturated heterocycles. The highest BCUT2D eigenvalue weighted by Gasteiger charge is 2.10. The number of hydrogen-bond acceptors (Lipinski definition) is 6. The molecule has 0 bridgehead atoms. The van der Waals surface area contributed by atoms with Gasteiger partial charge in [-0.3, -0.25) is 9.47 Å². The summed E-state index contributed by atoms with van der Waals surface area (Å²) in [5, 5.41) is 10.1. The molecule has 0 aliphatic heterocycles. The topological polar surface area (TPSA) is 126 Å². The molecule has 2 aromatic carbocycles. The predicted octanol–water partition coefficient (Wildman–Crippen LogP) is 2.37. The Kier molecular flexibility index (Phi) is 7.87. The van der Waals surface area contributed by atoms with Gasteiger partial charge in [-0.25, -0.2) is 4.79 Å². The van der Waals surface area contributed by atoms with Crippen LogP contribution in [0, 0.1) is 0 Å². The molecule has 6 N–H and O–H groups in total. The van der Waals surface area contributed by atoms with Crippen molar-refractivity contribution < 1.29 is 5.11 Å². The van der Waals surface area contributed by atoms with E-state index in [9.17, 15) is 9.90 Å². The van der Waals surface area contributed by atoms with E-state index in [0.717, 1.165) is 60.4 Å². The van der Waals surface area contributed by atoms with Crippen LogP contribution in [0.25, 0.3) is 28.0 Å². The fourth-order valence-corrected chi connectivity index (χ4v) is 4.04. The summed E-state index contributed by atoms with van der Waals surface area (Å²) in [5.41, 5.74) is 16.2. The molecule has 0 aliphatic carbocycles. The molecular weight excluding hydrogens is 428 g/mol. The number of aliphatic hydroxyl groups excluding tert-OH is 1. The molecule has 0 fully saturated rings. The van der Waals surface area contributed by atoms with Crippen LogP contribution >= 0.6 is 0 Å². The van der Waals surface area contributed by atoms with Crippen LogP contribution in [0.1, 0.15) is 24.0 Å². The zero-order chi connectivity index (χ0) is 23.9. The Morgan fingerprint density at radius 1 is 0.941 bits per heavy atom. The molecule has 34 heavy (non-hydrogen) atoms. The predicted molar refractivity (Wildman–Crippen MR) is 136 cm³/mol. The summed E-state index contributed by atoms with van der Waals surface area (Å²) in [5.74, 6) is 0. The number of aromatic nitrogens is 3. The van der Waals surface area contributed by atoms with Crippen molar-refractivity contribution in [2.75, 3.05) is 26.2 Å². The minimum Gasteiger partial charge on any atom is -0.392 e. The Bertz CT molecular complexity index is 1250. The minimum atomic E-state index is -0.336. The Balaban J connectivity index is 1.55. The normalized spacial score (nSPS) is 11.5. The lowest BCUT2D eigenvalue weighted by Crippen LogP contribution is -2.28. The first-order chi connectivity index (χ1) is 16.6. The molecule has 0 radical (unpaired) electrons. The van der Waals surface area contributed by atoms with Crippen molar-refractivity contribution in [3.05, 3.63) is 82.4 Å². The average Bonchev–Trinajstić information content (AvgIpc) is 3.28. The van der Waals surface area contributed by atoms with Crippen LogP contribution in [0.5, 0.6) is 0 Å². The molecule has 0 spiro atoms. The summed E-state index contributed by atoms with van der Waals surface area (Å²) in [6.07, 6.45) is 3.72. The van der Waals surface area contributed by atoms with E-state index in [1.807, 2.05) is 48.7 Å². The van der Waals surface area contributed by atoms with Crippen LogP contribution in [0.4, 0.5) is 0 Å². The third-order valence-electron chi connectivity index (χ3n) is 5.93. The number of fused-ring (bicyclic) bond motifs is 1. The molecule has 0 amide bonds. The summed E-state index contributed by atoms with van der Waals surface area (Å²) in [4.78, 5) is 22.6. The third kappa shape index (κ3) is 5.60. The zero-order valence-electron chi connectivity index (χ0n) is 19.3. The maximum atomic E-state index is 12.7. The van der Waals surface area contributed by atoms with Gasteiger partial charge in [-0.05, 0) is 73.9 Å². The fourth-order valence-electron chi connectivity index (χ4n) is 4.04. The smallest absolute Gasteiger partial charge is 0.354 e. The molecule has 2 heterocycles. The molecule has 0 atom stereocenters. The number of H-pyrrole nitrogens is 1. The second-order valence-corrected chi connectivity index (χ2v) is 8.46. The van der Waals surface area contributed by atoms with E-state index in [0.29, 0.717) is 18.7 Å². The quantitative estimate of drug-likeness (QED) is 0.272. The second-order valence-electron chi connectivity index (χ2n) is 8.46. The van der Waals surface area contributed by atoms with Crippen molar-refractivity contribution in [3.8, 4) is 16.9 Å². The van der Waals surface area contributed by atoms with Crippen LogP contribution in [-0.4, -0.2) is 50.7 Å². The van der Waals surface area contributed by atoms with Crippen molar-refractivity contribution in [1.82, 2.24) is 19.4 Å². The van der Waals surface area contributed by atoms with E-state index >= 15 is 0 Å². The number of rotatable bonds is 11. The Morgan fingerprint density at radius 3 is 2.21 bits per heavy atom. The van der Waals surface area contributed by atoms with E-state index in [1.54, 1.807) is 4.57 Å². The van der Waals surface area contributed by atoms with Crippen LogP contribution in [0.3, 0.4) is 0 Å². The summed E-state index contributed by atoms with van der Waals surface area (Å²) in [6.45, 7) is 4.05. The molecule has 0 saturated carbocycles. The van der Waals surface area contributed by atoms with Gasteiger partial charge >= 0.3 is 5.69 Å². The van der Waals surface area contributed by atoms with Gasteiger partial charge in [0.1, 0.15) is 5.65 Å². The Morgan fingerprint density at radius 2 is 1.59 bits per heavy atom. The van der Waals surface area contributed by atoms with Gasteiger partial charge in [0.25, 0.3) is 0 Å². The molecule has 4 rings (SSSR count). The van der Waals surface area contributed by atoms with Crippen LogP contribution in [0.2, 0.25) is 0 Å². The molecule has 4 aromatic rings. The molecule has 8 heteroatoms. The number of nitrogens with two attached hydrogens (primary N) is 2. The number of aromatic amines is 1. The van der Waals surface area contributed by atoms with Crippen LogP contribution in [0.15, 0.2) is 65.6 Å². The monoisotopic (exact) mass is 460 g/mol. The van der Waals surface area contributed by atoms with Crippen LogP contribution < -0.4 is 17.2 Å².